The van der Waals surface area contributed by atoms with Crippen LogP contribution in [0.5, 0.6) is 0 Å². The molecule has 1 saturated carbocycles. The lowest BCUT2D eigenvalue weighted by molar-refractivity contribution is -0.124. The van der Waals surface area contributed by atoms with Gasteiger partial charge in [-0.25, -0.2) is 4.90 Å². The highest BCUT2D eigenvalue weighted by molar-refractivity contribution is 6.31. The number of hydrogen-bond donors (Lipinski definition) is 0. The number of halogens is 1. The van der Waals surface area contributed by atoms with E-state index in [2.05, 4.69) is 0 Å². The summed E-state index contributed by atoms with van der Waals surface area (Å²) in [4.78, 5) is 27.9. The molecule has 2 atom stereocenters. The first-order valence-electron chi connectivity index (χ1n) is 8.90. The van der Waals surface area contributed by atoms with Gasteiger partial charge in [-0.15, -0.1) is 0 Å². The number of imide groups is 1. The maximum Gasteiger partial charge on any atom is 0.239 e. The van der Waals surface area contributed by atoms with Gasteiger partial charge in [0.2, 0.25) is 11.8 Å². The van der Waals surface area contributed by atoms with Gasteiger partial charge < -0.3 is 0 Å². The number of rotatable bonds is 3. The molecular weight excluding hydrogens is 358 g/mol. The molecule has 0 radical (unpaired) electrons. The van der Waals surface area contributed by atoms with Gasteiger partial charge in [-0.2, -0.15) is 0 Å². The quantitative estimate of drug-likeness (QED) is 0.636. The molecule has 1 aliphatic carbocycles. The van der Waals surface area contributed by atoms with E-state index >= 15 is 0 Å². The van der Waals surface area contributed by atoms with Crippen LogP contribution in [-0.4, -0.2) is 11.8 Å². The molecule has 1 aliphatic heterocycles. The lowest BCUT2D eigenvalue weighted by atomic mass is 9.83. The summed E-state index contributed by atoms with van der Waals surface area (Å²) in [6.07, 6.45) is 0. The average Bonchev–Trinajstić information content (AvgIpc) is 3.35. The highest BCUT2D eigenvalue weighted by Crippen LogP contribution is 2.68. The van der Waals surface area contributed by atoms with E-state index in [1.165, 1.54) is 4.90 Å². The summed E-state index contributed by atoms with van der Waals surface area (Å²) in [6, 6.07) is 26.6. The Morgan fingerprint density at radius 1 is 0.667 bits per heavy atom. The zero-order valence-electron chi connectivity index (χ0n) is 14.4. The van der Waals surface area contributed by atoms with E-state index in [0.29, 0.717) is 10.7 Å². The third-order valence-electron chi connectivity index (χ3n) is 5.77. The van der Waals surface area contributed by atoms with Gasteiger partial charge in [0, 0.05) is 10.4 Å². The molecule has 1 saturated heterocycles. The smallest absolute Gasteiger partial charge is 0.239 e. The Balaban J connectivity index is 1.61. The number of carbonyl (C=O) groups is 2. The Kier molecular flexibility index (Phi) is 3.49. The third-order valence-corrected chi connectivity index (χ3v) is 6.02. The van der Waals surface area contributed by atoms with Gasteiger partial charge >= 0.3 is 0 Å². The lowest BCUT2D eigenvalue weighted by Gasteiger charge is -2.26. The van der Waals surface area contributed by atoms with Crippen LogP contribution in [-0.2, 0) is 15.0 Å². The van der Waals surface area contributed by atoms with Gasteiger partial charge in [-0.3, -0.25) is 9.59 Å². The Bertz CT molecular complexity index is 967. The van der Waals surface area contributed by atoms with Crippen molar-refractivity contribution in [2.45, 2.75) is 5.41 Å². The normalized spacial score (nSPS) is 22.6. The maximum atomic E-state index is 13.3. The number of benzene rings is 3. The summed E-state index contributed by atoms with van der Waals surface area (Å²) < 4.78 is 0. The summed E-state index contributed by atoms with van der Waals surface area (Å²) in [7, 11) is 0. The molecule has 0 spiro atoms. The van der Waals surface area contributed by atoms with E-state index in [1.54, 1.807) is 24.3 Å². The first kappa shape index (κ1) is 16.3. The van der Waals surface area contributed by atoms with Crippen molar-refractivity contribution in [3.8, 4) is 0 Å². The number of anilines is 1. The highest BCUT2D eigenvalue weighted by atomic mass is 35.5. The highest BCUT2D eigenvalue weighted by Gasteiger charge is 2.78. The van der Waals surface area contributed by atoms with Crippen molar-refractivity contribution in [2.75, 3.05) is 4.90 Å². The number of piperidine rings is 1. The molecule has 2 unspecified atom stereocenters. The number of fused-ring (bicyclic) bond motifs is 1. The minimum Gasteiger partial charge on any atom is -0.274 e. The molecule has 0 bridgehead atoms. The predicted molar refractivity (Wildman–Crippen MR) is 105 cm³/mol. The van der Waals surface area contributed by atoms with Crippen LogP contribution in [0.1, 0.15) is 11.1 Å². The van der Waals surface area contributed by atoms with Gasteiger partial charge in [0.05, 0.1) is 17.5 Å². The average molecular weight is 374 g/mol. The number of hydrogen-bond acceptors (Lipinski definition) is 2. The molecule has 0 aromatic heterocycles. The molecular formula is C23H16ClNO2. The van der Waals surface area contributed by atoms with Crippen LogP contribution in [0.4, 0.5) is 5.69 Å². The zero-order chi connectivity index (χ0) is 18.6. The van der Waals surface area contributed by atoms with Crippen molar-refractivity contribution < 1.29 is 9.59 Å². The molecule has 1 heterocycles. The molecule has 0 N–H and O–H groups in total. The SMILES string of the molecule is O=C1C2C(C(=O)N1c1ccc(Cl)cc1)C2(c1ccccc1)c1ccccc1. The van der Waals surface area contributed by atoms with Crippen molar-refractivity contribution in [2.24, 2.45) is 11.8 Å². The molecule has 2 aliphatic rings. The fourth-order valence-electron chi connectivity index (χ4n) is 4.61. The van der Waals surface area contributed by atoms with E-state index in [-0.39, 0.29) is 23.7 Å². The maximum absolute atomic E-state index is 13.3. The topological polar surface area (TPSA) is 37.4 Å². The van der Waals surface area contributed by atoms with Crippen molar-refractivity contribution in [3.05, 3.63) is 101 Å². The number of amides is 2. The second-order valence-electron chi connectivity index (χ2n) is 7.04. The number of carbonyl (C=O) groups excluding carboxylic acids is 2. The standard InChI is InChI=1S/C23H16ClNO2/c24-17-11-13-18(14-12-17)25-21(26)19-20(22(25)27)23(19,15-7-3-1-4-8-15)16-9-5-2-6-10-16/h1-14,19-20H. The summed E-state index contributed by atoms with van der Waals surface area (Å²) in [6.45, 7) is 0. The zero-order valence-corrected chi connectivity index (χ0v) is 15.1. The first-order chi connectivity index (χ1) is 13.2. The van der Waals surface area contributed by atoms with Crippen LogP contribution in [0.3, 0.4) is 0 Å². The van der Waals surface area contributed by atoms with Crippen molar-refractivity contribution in [1.82, 2.24) is 0 Å². The largest absolute Gasteiger partial charge is 0.274 e. The van der Waals surface area contributed by atoms with Crippen molar-refractivity contribution in [3.63, 3.8) is 0 Å². The van der Waals surface area contributed by atoms with E-state index in [4.69, 9.17) is 11.6 Å². The van der Waals surface area contributed by atoms with Crippen LogP contribution >= 0.6 is 11.6 Å². The van der Waals surface area contributed by atoms with Gasteiger partial charge in [-0.1, -0.05) is 72.3 Å². The van der Waals surface area contributed by atoms with E-state index in [9.17, 15) is 9.59 Å². The molecule has 3 aromatic carbocycles. The fraction of sp³-hybridized carbons (Fsp3) is 0.130. The van der Waals surface area contributed by atoms with Crippen molar-refractivity contribution in [1.29, 1.82) is 0 Å². The second kappa shape index (κ2) is 5.80. The van der Waals surface area contributed by atoms with Crippen LogP contribution in [0.2, 0.25) is 5.02 Å². The molecule has 5 rings (SSSR count). The van der Waals surface area contributed by atoms with Crippen LogP contribution < -0.4 is 4.90 Å². The molecule has 2 fully saturated rings. The van der Waals surface area contributed by atoms with E-state index in [1.807, 2.05) is 60.7 Å². The lowest BCUT2D eigenvalue weighted by Crippen LogP contribution is -2.39. The monoisotopic (exact) mass is 373 g/mol. The summed E-state index contributed by atoms with van der Waals surface area (Å²) in [5, 5.41) is 0.575. The minimum atomic E-state index is -0.570. The van der Waals surface area contributed by atoms with Gasteiger partial charge in [0.25, 0.3) is 0 Å². The van der Waals surface area contributed by atoms with Crippen LogP contribution in [0.15, 0.2) is 84.9 Å². The molecule has 2 amide bonds. The second-order valence-corrected chi connectivity index (χ2v) is 7.48. The van der Waals surface area contributed by atoms with E-state index < -0.39 is 5.41 Å². The first-order valence-corrected chi connectivity index (χ1v) is 9.28. The summed E-state index contributed by atoms with van der Waals surface area (Å²) in [5.74, 6) is -1.02. The Morgan fingerprint density at radius 2 is 1.11 bits per heavy atom. The van der Waals surface area contributed by atoms with Gasteiger partial charge in [0.1, 0.15) is 0 Å². The fourth-order valence-corrected chi connectivity index (χ4v) is 4.73. The number of nitrogens with zero attached hydrogens (tertiary/aromatic N) is 1. The van der Waals surface area contributed by atoms with Gasteiger partial charge in [-0.05, 0) is 35.4 Å². The predicted octanol–water partition coefficient (Wildman–Crippen LogP) is 4.45. The molecule has 27 heavy (non-hydrogen) atoms. The van der Waals surface area contributed by atoms with Crippen LogP contribution in [0, 0.1) is 11.8 Å². The Hall–Kier alpha value is -2.91. The molecule has 4 heteroatoms. The van der Waals surface area contributed by atoms with Crippen LogP contribution in [0.25, 0.3) is 0 Å². The molecule has 132 valence electrons. The third kappa shape index (κ3) is 2.15. The summed E-state index contributed by atoms with van der Waals surface area (Å²) in [5.41, 5.74) is 2.04. The Morgan fingerprint density at radius 3 is 1.56 bits per heavy atom. The Labute approximate surface area is 162 Å². The minimum absolute atomic E-state index is 0.139. The van der Waals surface area contributed by atoms with Gasteiger partial charge in [0.15, 0.2) is 0 Å². The summed E-state index contributed by atoms with van der Waals surface area (Å²) >= 11 is 5.95. The van der Waals surface area contributed by atoms with Crippen molar-refractivity contribution >= 4 is 29.1 Å². The molecule has 3 nitrogen and oxygen atoms in total. The van der Waals surface area contributed by atoms with E-state index in [0.717, 1.165) is 11.1 Å². The molecule has 3 aromatic rings.